The molecule has 0 bridgehead atoms. The van der Waals surface area contributed by atoms with E-state index in [0.717, 1.165) is 24.6 Å². The van der Waals surface area contributed by atoms with Crippen molar-refractivity contribution in [2.75, 3.05) is 6.54 Å². The Labute approximate surface area is 122 Å². The molecule has 0 saturated carbocycles. The second-order valence-corrected chi connectivity index (χ2v) is 4.70. The molecule has 1 N–H and O–H groups in total. The molecule has 1 aromatic carbocycles. The summed E-state index contributed by atoms with van der Waals surface area (Å²) >= 11 is 0. The number of benzene rings is 1. The summed E-state index contributed by atoms with van der Waals surface area (Å²) in [5.41, 5.74) is -0.837. The fourth-order valence-electron chi connectivity index (χ4n) is 2.11. The van der Waals surface area contributed by atoms with Crippen LogP contribution in [0.4, 0.5) is 17.6 Å². The van der Waals surface area contributed by atoms with Gasteiger partial charge in [0.1, 0.15) is 5.82 Å². The van der Waals surface area contributed by atoms with Crippen molar-refractivity contribution in [3.05, 3.63) is 35.1 Å². The van der Waals surface area contributed by atoms with E-state index in [9.17, 15) is 17.6 Å². The van der Waals surface area contributed by atoms with Crippen molar-refractivity contribution in [3.63, 3.8) is 0 Å². The topological polar surface area (TPSA) is 12.0 Å². The second kappa shape index (κ2) is 8.04. The zero-order chi connectivity index (χ0) is 15.9. The molecule has 0 aliphatic heterocycles. The van der Waals surface area contributed by atoms with Crippen LogP contribution in [0.3, 0.4) is 0 Å². The summed E-state index contributed by atoms with van der Waals surface area (Å²) in [4.78, 5) is 0. The lowest BCUT2D eigenvalue weighted by atomic mass is 9.96. The van der Waals surface area contributed by atoms with E-state index in [1.54, 1.807) is 6.92 Å². The molecule has 0 aliphatic carbocycles. The van der Waals surface area contributed by atoms with Gasteiger partial charge in [-0.1, -0.05) is 6.92 Å². The molecule has 1 atom stereocenters. The van der Waals surface area contributed by atoms with E-state index in [1.807, 2.05) is 6.92 Å². The number of nitrogens with one attached hydrogen (secondary N) is 1. The van der Waals surface area contributed by atoms with Crippen LogP contribution in [0.5, 0.6) is 0 Å². The van der Waals surface area contributed by atoms with Crippen LogP contribution in [0.25, 0.3) is 0 Å². The Morgan fingerprint density at radius 2 is 2.00 bits per heavy atom. The summed E-state index contributed by atoms with van der Waals surface area (Å²) < 4.78 is 52.6. The van der Waals surface area contributed by atoms with Crippen LogP contribution in [-0.4, -0.2) is 6.54 Å². The molecule has 5 heteroatoms. The third-order valence-corrected chi connectivity index (χ3v) is 3.07. The van der Waals surface area contributed by atoms with Crippen molar-refractivity contribution in [3.8, 4) is 11.8 Å². The van der Waals surface area contributed by atoms with Gasteiger partial charge < -0.3 is 5.32 Å². The predicted octanol–water partition coefficient (Wildman–Crippen LogP) is 4.69. The Kier molecular flexibility index (Phi) is 6.70. The lowest BCUT2D eigenvalue weighted by molar-refractivity contribution is -0.138. The Morgan fingerprint density at radius 3 is 2.57 bits per heavy atom. The van der Waals surface area contributed by atoms with Gasteiger partial charge in [-0.3, -0.25) is 0 Å². The van der Waals surface area contributed by atoms with Gasteiger partial charge in [-0.05, 0) is 50.1 Å². The normalized spacial score (nSPS) is 12.7. The van der Waals surface area contributed by atoms with E-state index in [2.05, 4.69) is 17.2 Å². The number of rotatable bonds is 6. The summed E-state index contributed by atoms with van der Waals surface area (Å²) in [7, 11) is 0. The van der Waals surface area contributed by atoms with Crippen molar-refractivity contribution in [2.24, 2.45) is 0 Å². The molecule has 1 aromatic rings. The summed E-state index contributed by atoms with van der Waals surface area (Å²) in [5.74, 6) is 4.88. The molecule has 0 saturated heterocycles. The van der Waals surface area contributed by atoms with E-state index in [4.69, 9.17) is 0 Å². The Balaban J connectivity index is 3.13. The molecule has 0 spiro atoms. The fourth-order valence-corrected chi connectivity index (χ4v) is 2.11. The van der Waals surface area contributed by atoms with Crippen LogP contribution in [0.1, 0.15) is 50.3 Å². The molecule has 1 unspecified atom stereocenters. The van der Waals surface area contributed by atoms with E-state index in [1.165, 1.54) is 0 Å². The molecule has 0 aromatic heterocycles. The zero-order valence-electron chi connectivity index (χ0n) is 12.1. The molecule has 0 aliphatic rings. The molecular weight excluding hydrogens is 282 g/mol. The molecule has 1 nitrogen and oxygen atoms in total. The van der Waals surface area contributed by atoms with Gasteiger partial charge in [-0.2, -0.15) is 13.2 Å². The number of alkyl halides is 3. The average Bonchev–Trinajstić information content (AvgIpc) is 2.41. The summed E-state index contributed by atoms with van der Waals surface area (Å²) in [6, 6.07) is 2.06. The highest BCUT2D eigenvalue weighted by molar-refractivity contribution is 5.33. The number of halogens is 4. The number of hydrogen-bond donors (Lipinski definition) is 1. The molecule has 21 heavy (non-hydrogen) atoms. The van der Waals surface area contributed by atoms with E-state index >= 15 is 0 Å². The quantitative estimate of drug-likeness (QED) is 0.594. The third kappa shape index (κ3) is 5.39. The smallest absolute Gasteiger partial charge is 0.310 e. The summed E-state index contributed by atoms with van der Waals surface area (Å²) in [6.45, 7) is 4.17. The molecule has 116 valence electrons. The van der Waals surface area contributed by atoms with Gasteiger partial charge in [-0.15, -0.1) is 11.8 Å². The lowest BCUT2D eigenvalue weighted by Crippen LogP contribution is -2.25. The second-order valence-electron chi connectivity index (χ2n) is 4.70. The van der Waals surface area contributed by atoms with Crippen LogP contribution in [0.15, 0.2) is 18.2 Å². The van der Waals surface area contributed by atoms with Gasteiger partial charge in [-0.25, -0.2) is 4.39 Å². The first-order chi connectivity index (χ1) is 9.90. The van der Waals surface area contributed by atoms with Crippen molar-refractivity contribution in [2.45, 2.75) is 45.3 Å². The monoisotopic (exact) mass is 301 g/mol. The standard InChI is InChI=1S/C16H19F4N/c1-3-5-6-7-15(21-10-4-2)13-11-12(17)8-9-14(13)16(18,19)20/h8-9,11,15,21H,4,6-7,10H2,1-2H3. The van der Waals surface area contributed by atoms with Gasteiger partial charge in [0.15, 0.2) is 0 Å². The Hall–Kier alpha value is -1.54. The van der Waals surface area contributed by atoms with Crippen LogP contribution < -0.4 is 5.32 Å². The highest BCUT2D eigenvalue weighted by Gasteiger charge is 2.35. The molecule has 0 amide bonds. The average molecular weight is 301 g/mol. The minimum absolute atomic E-state index is 0.0474. The van der Waals surface area contributed by atoms with Crippen LogP contribution in [0.2, 0.25) is 0 Å². The Morgan fingerprint density at radius 1 is 1.29 bits per heavy atom. The first-order valence-electron chi connectivity index (χ1n) is 6.89. The van der Waals surface area contributed by atoms with E-state index in [-0.39, 0.29) is 5.56 Å². The van der Waals surface area contributed by atoms with Gasteiger partial charge >= 0.3 is 6.18 Å². The van der Waals surface area contributed by atoms with Crippen molar-refractivity contribution in [1.29, 1.82) is 0 Å². The van der Waals surface area contributed by atoms with E-state index in [0.29, 0.717) is 19.4 Å². The minimum atomic E-state index is -4.49. The van der Waals surface area contributed by atoms with E-state index < -0.39 is 23.6 Å². The lowest BCUT2D eigenvalue weighted by Gasteiger charge is -2.22. The van der Waals surface area contributed by atoms with Gasteiger partial charge in [0.05, 0.1) is 5.56 Å². The van der Waals surface area contributed by atoms with Gasteiger partial charge in [0, 0.05) is 12.5 Å². The summed E-state index contributed by atoms with van der Waals surface area (Å²) in [5, 5.41) is 3.05. The molecular formula is C16H19F4N. The first kappa shape index (κ1) is 17.5. The Bertz CT molecular complexity index is 511. The van der Waals surface area contributed by atoms with Crippen LogP contribution in [0, 0.1) is 17.7 Å². The predicted molar refractivity (Wildman–Crippen MR) is 75.1 cm³/mol. The summed E-state index contributed by atoms with van der Waals surface area (Å²) in [6.07, 6.45) is -2.84. The highest BCUT2D eigenvalue weighted by Crippen LogP contribution is 2.36. The minimum Gasteiger partial charge on any atom is -0.310 e. The van der Waals surface area contributed by atoms with Crippen LogP contribution >= 0.6 is 0 Å². The van der Waals surface area contributed by atoms with Crippen molar-refractivity contribution >= 4 is 0 Å². The van der Waals surface area contributed by atoms with Crippen molar-refractivity contribution in [1.82, 2.24) is 5.32 Å². The largest absolute Gasteiger partial charge is 0.416 e. The maximum atomic E-state index is 13.4. The first-order valence-corrected chi connectivity index (χ1v) is 6.89. The SMILES string of the molecule is CC#CCCC(NCCC)c1cc(F)ccc1C(F)(F)F. The molecule has 0 heterocycles. The maximum Gasteiger partial charge on any atom is 0.416 e. The van der Waals surface area contributed by atoms with Gasteiger partial charge in [0.25, 0.3) is 0 Å². The zero-order valence-corrected chi connectivity index (χ0v) is 12.1. The third-order valence-electron chi connectivity index (χ3n) is 3.07. The molecule has 0 radical (unpaired) electrons. The van der Waals surface area contributed by atoms with Crippen molar-refractivity contribution < 1.29 is 17.6 Å². The molecule has 1 rings (SSSR count). The highest BCUT2D eigenvalue weighted by atomic mass is 19.4. The van der Waals surface area contributed by atoms with Gasteiger partial charge in [0.2, 0.25) is 0 Å². The van der Waals surface area contributed by atoms with Crippen LogP contribution in [-0.2, 0) is 6.18 Å². The fraction of sp³-hybridized carbons (Fsp3) is 0.500. The maximum absolute atomic E-state index is 13.4. The number of hydrogen-bond acceptors (Lipinski definition) is 1. The molecule has 0 fully saturated rings.